The average Bonchev–Trinajstić information content (AvgIpc) is 2.95. The molecule has 10 heteroatoms. The van der Waals surface area contributed by atoms with Gasteiger partial charge < -0.3 is 9.47 Å². The van der Waals surface area contributed by atoms with E-state index in [4.69, 9.17) is 16.3 Å². The molecule has 122 valence electrons. The molecule has 1 aromatic carbocycles. The molecule has 0 radical (unpaired) electrons. The van der Waals surface area contributed by atoms with Gasteiger partial charge in [-0.2, -0.15) is 4.31 Å². The minimum atomic E-state index is -3.96. The van der Waals surface area contributed by atoms with Crippen LogP contribution in [-0.4, -0.2) is 50.6 Å². The lowest BCUT2D eigenvalue weighted by molar-refractivity contribution is -0.143. The molecule has 0 spiro atoms. The zero-order valence-corrected chi connectivity index (χ0v) is 15.7. The van der Waals surface area contributed by atoms with Crippen molar-refractivity contribution >= 4 is 55.3 Å². The van der Waals surface area contributed by atoms with Crippen molar-refractivity contribution in [3.05, 3.63) is 21.6 Å². The second-order valence-corrected chi connectivity index (χ2v) is 8.50. The summed E-state index contributed by atoms with van der Waals surface area (Å²) in [7, 11) is -1.37. The van der Waals surface area contributed by atoms with Gasteiger partial charge in [0.15, 0.2) is 5.75 Å². The molecule has 1 aromatic rings. The fourth-order valence-corrected chi connectivity index (χ4v) is 6.54. The molecule has 0 saturated carbocycles. The van der Waals surface area contributed by atoms with Crippen molar-refractivity contribution in [2.45, 2.75) is 10.9 Å². The monoisotopic (exact) mass is 429 g/mol. The molecule has 1 aliphatic rings. The van der Waals surface area contributed by atoms with E-state index >= 15 is 0 Å². The SMILES string of the molecule is COC(=O)[C@H]1CSCN1S(=O)(=O)c1cc(Cl)cc(Br)c1OC. The van der Waals surface area contributed by atoms with Crippen LogP contribution in [0.5, 0.6) is 5.75 Å². The van der Waals surface area contributed by atoms with E-state index in [2.05, 4.69) is 20.7 Å². The van der Waals surface area contributed by atoms with Crippen LogP contribution in [0.2, 0.25) is 5.02 Å². The van der Waals surface area contributed by atoms with Crippen LogP contribution in [0.3, 0.4) is 0 Å². The fourth-order valence-electron chi connectivity index (χ4n) is 2.04. The van der Waals surface area contributed by atoms with Gasteiger partial charge in [-0.25, -0.2) is 8.42 Å². The molecule has 0 aromatic heterocycles. The third-order valence-electron chi connectivity index (χ3n) is 3.08. The van der Waals surface area contributed by atoms with E-state index in [-0.39, 0.29) is 21.5 Å². The summed E-state index contributed by atoms with van der Waals surface area (Å²) in [5.41, 5.74) is 0. The maximum Gasteiger partial charge on any atom is 0.325 e. The van der Waals surface area contributed by atoms with Gasteiger partial charge in [-0.1, -0.05) is 11.6 Å². The highest BCUT2D eigenvalue weighted by molar-refractivity contribution is 9.10. The Bertz CT molecular complexity index is 697. The Morgan fingerprint density at radius 1 is 1.45 bits per heavy atom. The molecular formula is C12H13BrClNO5S2. The first-order valence-electron chi connectivity index (χ1n) is 6.03. The highest BCUT2D eigenvalue weighted by Crippen LogP contribution is 2.39. The molecule has 1 heterocycles. The van der Waals surface area contributed by atoms with Gasteiger partial charge in [-0.3, -0.25) is 4.79 Å². The lowest BCUT2D eigenvalue weighted by atomic mass is 10.3. The summed E-state index contributed by atoms with van der Waals surface area (Å²) in [6, 6.07) is 1.98. The molecular weight excluding hydrogens is 418 g/mol. The van der Waals surface area contributed by atoms with Gasteiger partial charge in [0.2, 0.25) is 10.0 Å². The zero-order chi connectivity index (χ0) is 16.5. The first-order valence-corrected chi connectivity index (χ1v) is 9.80. The highest BCUT2D eigenvalue weighted by atomic mass is 79.9. The Hall–Kier alpha value is -0.480. The summed E-state index contributed by atoms with van der Waals surface area (Å²) in [6.07, 6.45) is 0. The van der Waals surface area contributed by atoms with Crippen molar-refractivity contribution in [1.29, 1.82) is 0 Å². The lowest BCUT2D eigenvalue weighted by Crippen LogP contribution is -2.42. The number of hydrogen-bond donors (Lipinski definition) is 0. The molecule has 0 unspecified atom stereocenters. The Morgan fingerprint density at radius 2 is 2.14 bits per heavy atom. The van der Waals surface area contributed by atoms with Crippen molar-refractivity contribution in [3.8, 4) is 5.75 Å². The number of carbonyl (C=O) groups is 1. The normalized spacial score (nSPS) is 19.2. The van der Waals surface area contributed by atoms with E-state index in [1.165, 1.54) is 38.1 Å². The zero-order valence-electron chi connectivity index (χ0n) is 11.7. The van der Waals surface area contributed by atoms with Gasteiger partial charge in [0, 0.05) is 10.8 Å². The topological polar surface area (TPSA) is 72.9 Å². The predicted molar refractivity (Wildman–Crippen MR) is 87.9 cm³/mol. The Labute approximate surface area is 146 Å². The first kappa shape index (κ1) is 17.9. The number of ether oxygens (including phenoxy) is 2. The number of esters is 1. The highest BCUT2D eigenvalue weighted by Gasteiger charge is 2.42. The number of carbonyl (C=O) groups excluding carboxylic acids is 1. The summed E-state index contributed by atoms with van der Waals surface area (Å²) in [5, 5.41) is 0.243. The molecule has 0 amide bonds. The molecule has 1 aliphatic heterocycles. The quantitative estimate of drug-likeness (QED) is 0.683. The lowest BCUT2D eigenvalue weighted by Gasteiger charge is -2.22. The van der Waals surface area contributed by atoms with Crippen LogP contribution in [0.1, 0.15) is 0 Å². The largest absolute Gasteiger partial charge is 0.494 e. The van der Waals surface area contributed by atoms with Gasteiger partial charge in [0.25, 0.3) is 0 Å². The number of nitrogens with zero attached hydrogens (tertiary/aromatic N) is 1. The van der Waals surface area contributed by atoms with Crippen LogP contribution in [0.25, 0.3) is 0 Å². The molecule has 0 bridgehead atoms. The summed E-state index contributed by atoms with van der Waals surface area (Å²) in [4.78, 5) is 11.7. The van der Waals surface area contributed by atoms with Crippen LogP contribution in [-0.2, 0) is 19.6 Å². The molecule has 2 rings (SSSR count). The van der Waals surface area contributed by atoms with E-state index in [0.29, 0.717) is 10.2 Å². The van der Waals surface area contributed by atoms with E-state index < -0.39 is 22.0 Å². The second-order valence-electron chi connectivity index (χ2n) is 4.35. The van der Waals surface area contributed by atoms with Crippen molar-refractivity contribution < 1.29 is 22.7 Å². The standard InChI is InChI=1S/C12H13BrClNO5S2/c1-19-11-8(13)3-7(14)4-10(11)22(17,18)15-6-21-5-9(15)12(16)20-2/h3-4,9H,5-6H2,1-2H3/t9-/m1/s1. The number of methoxy groups -OCH3 is 2. The number of hydrogen-bond acceptors (Lipinski definition) is 6. The Morgan fingerprint density at radius 3 is 2.73 bits per heavy atom. The number of sulfonamides is 1. The second kappa shape index (κ2) is 6.96. The first-order chi connectivity index (χ1) is 10.3. The van der Waals surface area contributed by atoms with Crippen LogP contribution in [0, 0.1) is 0 Å². The van der Waals surface area contributed by atoms with E-state index in [0.717, 1.165) is 4.31 Å². The van der Waals surface area contributed by atoms with Crippen LogP contribution in [0.15, 0.2) is 21.5 Å². The van der Waals surface area contributed by atoms with E-state index in [1.807, 2.05) is 0 Å². The molecule has 1 atom stereocenters. The van der Waals surface area contributed by atoms with E-state index in [9.17, 15) is 13.2 Å². The smallest absolute Gasteiger partial charge is 0.325 e. The van der Waals surface area contributed by atoms with Crippen LogP contribution in [0.4, 0.5) is 0 Å². The van der Waals surface area contributed by atoms with Gasteiger partial charge in [-0.15, -0.1) is 11.8 Å². The molecule has 1 saturated heterocycles. The Balaban J connectivity index is 2.53. The number of halogens is 2. The van der Waals surface area contributed by atoms with Gasteiger partial charge >= 0.3 is 5.97 Å². The van der Waals surface area contributed by atoms with Crippen molar-refractivity contribution in [3.63, 3.8) is 0 Å². The summed E-state index contributed by atoms with van der Waals surface area (Å²) < 4.78 is 37.1. The molecule has 6 nitrogen and oxygen atoms in total. The van der Waals surface area contributed by atoms with Crippen molar-refractivity contribution in [1.82, 2.24) is 4.31 Å². The Kier molecular flexibility index (Phi) is 5.65. The fraction of sp³-hybridized carbons (Fsp3) is 0.417. The van der Waals surface area contributed by atoms with E-state index in [1.54, 1.807) is 0 Å². The number of benzene rings is 1. The van der Waals surface area contributed by atoms with Crippen molar-refractivity contribution in [2.75, 3.05) is 25.8 Å². The van der Waals surface area contributed by atoms with Crippen LogP contribution >= 0.6 is 39.3 Å². The third-order valence-corrected chi connectivity index (χ3v) is 6.92. The predicted octanol–water partition coefficient (Wildman–Crippen LogP) is 2.35. The average molecular weight is 431 g/mol. The maximum absolute atomic E-state index is 12.9. The molecule has 1 fully saturated rings. The van der Waals surface area contributed by atoms with Gasteiger partial charge in [0.1, 0.15) is 10.9 Å². The minimum absolute atomic E-state index is 0.0919. The van der Waals surface area contributed by atoms with Crippen LogP contribution < -0.4 is 4.74 Å². The van der Waals surface area contributed by atoms with Gasteiger partial charge in [0.05, 0.1) is 24.6 Å². The van der Waals surface area contributed by atoms with Crippen molar-refractivity contribution in [2.24, 2.45) is 0 Å². The van der Waals surface area contributed by atoms with Gasteiger partial charge in [-0.05, 0) is 28.1 Å². The summed E-state index contributed by atoms with van der Waals surface area (Å²) in [5.74, 6) is 0.0595. The minimum Gasteiger partial charge on any atom is -0.494 e. The maximum atomic E-state index is 12.9. The third kappa shape index (κ3) is 3.23. The number of rotatable bonds is 4. The molecule has 22 heavy (non-hydrogen) atoms. The number of thioether (sulfide) groups is 1. The summed E-state index contributed by atoms with van der Waals surface area (Å²) >= 11 is 10.5. The summed E-state index contributed by atoms with van der Waals surface area (Å²) in [6.45, 7) is 0. The molecule has 0 aliphatic carbocycles. The molecule has 0 N–H and O–H groups in total.